The van der Waals surface area contributed by atoms with Crippen molar-refractivity contribution in [3.05, 3.63) is 0 Å². The first-order valence-corrected chi connectivity index (χ1v) is 8.11. The van der Waals surface area contributed by atoms with Crippen LogP contribution in [0, 0.1) is 5.92 Å². The zero-order valence-electron chi connectivity index (χ0n) is 12.4. The van der Waals surface area contributed by atoms with Crippen molar-refractivity contribution in [3.63, 3.8) is 0 Å². The average molecular weight is 284 g/mol. The van der Waals surface area contributed by atoms with Gasteiger partial charge in [0.05, 0.1) is 25.9 Å². The molecule has 0 amide bonds. The maximum atomic E-state index is 10.4. The number of rotatable bonds is 7. The first kappa shape index (κ1) is 14.7. The summed E-state index contributed by atoms with van der Waals surface area (Å²) in [6.45, 7) is 8.05. The van der Waals surface area contributed by atoms with Crippen molar-refractivity contribution < 1.29 is 14.6 Å². The summed E-state index contributed by atoms with van der Waals surface area (Å²) in [6.07, 6.45) is 3.55. The van der Waals surface area contributed by atoms with E-state index >= 15 is 0 Å². The van der Waals surface area contributed by atoms with Crippen molar-refractivity contribution in [2.24, 2.45) is 5.92 Å². The number of hydrogen-bond acceptors (Lipinski definition) is 5. The van der Waals surface area contributed by atoms with Gasteiger partial charge in [0.15, 0.2) is 0 Å². The minimum atomic E-state index is -0.240. The van der Waals surface area contributed by atoms with Gasteiger partial charge < -0.3 is 14.6 Å². The van der Waals surface area contributed by atoms with Crippen LogP contribution in [0.25, 0.3) is 0 Å². The number of aliphatic hydroxyl groups excluding tert-OH is 1. The van der Waals surface area contributed by atoms with Crippen LogP contribution in [-0.4, -0.2) is 86.2 Å². The van der Waals surface area contributed by atoms with Crippen LogP contribution in [-0.2, 0) is 9.47 Å². The Morgan fingerprint density at radius 1 is 1.10 bits per heavy atom. The second kappa shape index (κ2) is 7.18. The first-order chi connectivity index (χ1) is 9.81. The number of morpholine rings is 1. The lowest BCUT2D eigenvalue weighted by Gasteiger charge is -2.32. The number of hydrogen-bond donors (Lipinski definition) is 1. The van der Waals surface area contributed by atoms with E-state index in [1.165, 1.54) is 19.3 Å². The van der Waals surface area contributed by atoms with Crippen LogP contribution >= 0.6 is 0 Å². The van der Waals surface area contributed by atoms with Crippen molar-refractivity contribution >= 4 is 0 Å². The summed E-state index contributed by atoms with van der Waals surface area (Å²) in [5, 5.41) is 10.4. The molecule has 116 valence electrons. The molecule has 0 spiro atoms. The number of nitrogens with zero attached hydrogens (tertiary/aromatic N) is 2. The van der Waals surface area contributed by atoms with Gasteiger partial charge in [-0.05, 0) is 25.2 Å². The minimum Gasteiger partial charge on any atom is -0.390 e. The predicted octanol–water partition coefficient (Wildman–Crippen LogP) is 0.180. The number of aliphatic hydroxyl groups is 1. The fourth-order valence-corrected chi connectivity index (χ4v) is 3.28. The van der Waals surface area contributed by atoms with E-state index in [0.717, 1.165) is 65.2 Å². The van der Waals surface area contributed by atoms with E-state index in [-0.39, 0.29) is 6.10 Å². The molecule has 3 aliphatic rings. The zero-order valence-corrected chi connectivity index (χ0v) is 12.4. The van der Waals surface area contributed by atoms with Gasteiger partial charge in [0, 0.05) is 45.4 Å². The van der Waals surface area contributed by atoms with Crippen LogP contribution in [0.2, 0.25) is 0 Å². The summed E-state index contributed by atoms with van der Waals surface area (Å²) >= 11 is 0. The Balaban J connectivity index is 1.42. The third kappa shape index (κ3) is 4.40. The van der Waals surface area contributed by atoms with Gasteiger partial charge in [0.1, 0.15) is 0 Å². The fraction of sp³-hybridized carbons (Fsp3) is 1.00. The third-order valence-corrected chi connectivity index (χ3v) is 4.60. The number of ether oxygens (including phenoxy) is 2. The molecule has 5 nitrogen and oxygen atoms in total. The van der Waals surface area contributed by atoms with E-state index in [2.05, 4.69) is 9.80 Å². The summed E-state index contributed by atoms with van der Waals surface area (Å²) < 4.78 is 10.8. The summed E-state index contributed by atoms with van der Waals surface area (Å²) in [4.78, 5) is 4.82. The quantitative estimate of drug-likeness (QED) is 0.722. The smallest absolute Gasteiger partial charge is 0.0793 e. The average Bonchev–Trinajstić information content (AvgIpc) is 3.18. The zero-order chi connectivity index (χ0) is 13.8. The first-order valence-electron chi connectivity index (χ1n) is 8.11. The molecule has 0 aromatic heterocycles. The lowest BCUT2D eigenvalue weighted by Crippen LogP contribution is -2.46. The molecule has 1 N–H and O–H groups in total. The fourth-order valence-electron chi connectivity index (χ4n) is 3.28. The van der Waals surface area contributed by atoms with Crippen molar-refractivity contribution in [2.45, 2.75) is 31.4 Å². The molecular formula is C15H28N2O3. The molecular weight excluding hydrogens is 256 g/mol. The van der Waals surface area contributed by atoms with Crippen molar-refractivity contribution in [2.75, 3.05) is 59.2 Å². The molecule has 3 fully saturated rings. The molecule has 2 aliphatic heterocycles. The van der Waals surface area contributed by atoms with E-state index in [0.29, 0.717) is 5.92 Å². The van der Waals surface area contributed by atoms with E-state index in [1.54, 1.807) is 0 Å². The standard InChI is InChI=1S/C15H28N2O3/c18-15(10-16-4-7-19-8-5-16)11-17(14-1-2-14)9-13-3-6-20-12-13/h13-15,18H,1-12H2/t13-,15-/m0/s1. The summed E-state index contributed by atoms with van der Waals surface area (Å²) in [5.41, 5.74) is 0. The Morgan fingerprint density at radius 2 is 1.90 bits per heavy atom. The van der Waals surface area contributed by atoms with Crippen molar-refractivity contribution in [1.29, 1.82) is 0 Å². The Hall–Kier alpha value is -0.200. The van der Waals surface area contributed by atoms with Gasteiger partial charge in [-0.3, -0.25) is 9.80 Å². The van der Waals surface area contributed by atoms with Crippen LogP contribution in [0.15, 0.2) is 0 Å². The van der Waals surface area contributed by atoms with Crippen LogP contribution in [0.5, 0.6) is 0 Å². The van der Waals surface area contributed by atoms with E-state index in [1.807, 2.05) is 0 Å². The number of β-amino-alcohol motifs (C(OH)–C–C–N with tert-alkyl or cyclic N) is 1. The highest BCUT2D eigenvalue weighted by Crippen LogP contribution is 2.29. The summed E-state index contributed by atoms with van der Waals surface area (Å²) in [6, 6.07) is 0.718. The lowest BCUT2D eigenvalue weighted by molar-refractivity contribution is 0.00480. The van der Waals surface area contributed by atoms with Gasteiger partial charge in [-0.2, -0.15) is 0 Å². The molecule has 0 bridgehead atoms. The van der Waals surface area contributed by atoms with Gasteiger partial charge >= 0.3 is 0 Å². The molecule has 1 saturated carbocycles. The summed E-state index contributed by atoms with van der Waals surface area (Å²) in [7, 11) is 0. The molecule has 2 heterocycles. The van der Waals surface area contributed by atoms with E-state index in [9.17, 15) is 5.11 Å². The van der Waals surface area contributed by atoms with Gasteiger partial charge in [-0.15, -0.1) is 0 Å². The lowest BCUT2D eigenvalue weighted by atomic mass is 10.1. The molecule has 2 atom stereocenters. The molecule has 0 aromatic carbocycles. The molecule has 20 heavy (non-hydrogen) atoms. The summed E-state index contributed by atoms with van der Waals surface area (Å²) in [5.74, 6) is 0.672. The van der Waals surface area contributed by atoms with Gasteiger partial charge in [0.2, 0.25) is 0 Å². The SMILES string of the molecule is O[C@@H](CN1CCOCC1)CN(C[C@@H]1CCOC1)C1CC1. The second-order valence-electron chi connectivity index (χ2n) is 6.48. The largest absolute Gasteiger partial charge is 0.390 e. The van der Waals surface area contributed by atoms with Gasteiger partial charge in [-0.25, -0.2) is 0 Å². The highest BCUT2D eigenvalue weighted by molar-refractivity contribution is 4.88. The Kier molecular flexibility index (Phi) is 5.29. The van der Waals surface area contributed by atoms with Crippen LogP contribution in [0.3, 0.4) is 0 Å². The topological polar surface area (TPSA) is 45.2 Å². The molecule has 3 rings (SSSR count). The molecule has 1 aliphatic carbocycles. The monoisotopic (exact) mass is 284 g/mol. The van der Waals surface area contributed by atoms with Gasteiger partial charge in [-0.1, -0.05) is 0 Å². The van der Waals surface area contributed by atoms with E-state index < -0.39 is 0 Å². The maximum absolute atomic E-state index is 10.4. The minimum absolute atomic E-state index is 0.240. The molecule has 5 heteroatoms. The van der Waals surface area contributed by atoms with Crippen molar-refractivity contribution in [3.8, 4) is 0 Å². The molecule has 0 radical (unpaired) electrons. The molecule has 2 saturated heterocycles. The highest BCUT2D eigenvalue weighted by Gasteiger charge is 2.33. The Labute approximate surface area is 121 Å². The van der Waals surface area contributed by atoms with Crippen LogP contribution in [0.4, 0.5) is 0 Å². The highest BCUT2D eigenvalue weighted by atomic mass is 16.5. The van der Waals surface area contributed by atoms with Crippen LogP contribution < -0.4 is 0 Å². The van der Waals surface area contributed by atoms with Crippen LogP contribution in [0.1, 0.15) is 19.3 Å². The predicted molar refractivity (Wildman–Crippen MR) is 76.8 cm³/mol. The van der Waals surface area contributed by atoms with E-state index in [4.69, 9.17) is 9.47 Å². The molecule has 0 aromatic rings. The maximum Gasteiger partial charge on any atom is 0.0793 e. The van der Waals surface area contributed by atoms with Gasteiger partial charge in [0.25, 0.3) is 0 Å². The normalized spacial score (nSPS) is 30.0. The Morgan fingerprint density at radius 3 is 2.55 bits per heavy atom. The molecule has 0 unspecified atom stereocenters. The van der Waals surface area contributed by atoms with Crippen molar-refractivity contribution in [1.82, 2.24) is 9.80 Å². The second-order valence-corrected chi connectivity index (χ2v) is 6.48. The third-order valence-electron chi connectivity index (χ3n) is 4.60. The Bertz CT molecular complexity index is 287.